The Morgan fingerprint density at radius 2 is 1.74 bits per heavy atom. The highest BCUT2D eigenvalue weighted by atomic mass is 16.3. The first-order chi connectivity index (χ1) is 16.2. The first kappa shape index (κ1) is 25.5. The summed E-state index contributed by atoms with van der Waals surface area (Å²) in [4.78, 5) is 16.4. The molecular weight excluding hydrogens is 432 g/mol. The fourth-order valence-electron chi connectivity index (χ4n) is 4.09. The van der Waals surface area contributed by atoms with Gasteiger partial charge in [0.05, 0.1) is 11.3 Å². The lowest BCUT2D eigenvalue weighted by Crippen LogP contribution is -2.48. The van der Waals surface area contributed by atoms with Gasteiger partial charge in [-0.25, -0.2) is 5.84 Å². The average Bonchev–Trinajstić information content (AvgIpc) is 2.82. The molecule has 0 spiro atoms. The van der Waals surface area contributed by atoms with E-state index in [0.717, 1.165) is 44.7 Å². The predicted molar refractivity (Wildman–Crippen MR) is 134 cm³/mol. The Balaban J connectivity index is 1.60. The monoisotopic (exact) mass is 468 g/mol. The smallest absolute Gasteiger partial charge is 0.222 e. The number of piperazine rings is 1. The van der Waals surface area contributed by atoms with Crippen molar-refractivity contribution in [3.05, 3.63) is 53.1 Å². The van der Waals surface area contributed by atoms with E-state index in [1.807, 2.05) is 43.0 Å². The molecule has 0 unspecified atom stereocenters. The van der Waals surface area contributed by atoms with Crippen LogP contribution in [-0.2, 0) is 11.3 Å². The normalized spacial score (nSPS) is 14.4. The van der Waals surface area contributed by atoms with Crippen molar-refractivity contribution in [2.45, 2.75) is 39.2 Å². The molecular formula is C25H36N6O3. The van der Waals surface area contributed by atoms with Crippen LogP contribution < -0.4 is 16.6 Å². The minimum atomic E-state index is -0.195. The number of benzene rings is 2. The molecule has 2 aromatic rings. The third-order valence-electron chi connectivity index (χ3n) is 6.20. The Hall–Kier alpha value is -3.14. The van der Waals surface area contributed by atoms with Crippen LogP contribution >= 0.6 is 0 Å². The second kappa shape index (κ2) is 11.3. The zero-order valence-corrected chi connectivity index (χ0v) is 20.0. The summed E-state index contributed by atoms with van der Waals surface area (Å²) in [6, 6.07) is 10.5. The lowest BCUT2D eigenvalue weighted by atomic mass is 9.98. The maximum Gasteiger partial charge on any atom is 0.222 e. The molecule has 1 aliphatic heterocycles. The molecule has 0 bridgehead atoms. The van der Waals surface area contributed by atoms with E-state index < -0.39 is 0 Å². The number of carbonyl (C=O) groups excluding carboxylic acids is 1. The van der Waals surface area contributed by atoms with E-state index in [9.17, 15) is 15.0 Å². The van der Waals surface area contributed by atoms with E-state index in [2.05, 4.69) is 4.90 Å². The van der Waals surface area contributed by atoms with Gasteiger partial charge in [-0.15, -0.1) is 0 Å². The van der Waals surface area contributed by atoms with Gasteiger partial charge < -0.3 is 20.8 Å². The van der Waals surface area contributed by atoms with Crippen LogP contribution in [0.15, 0.2) is 36.4 Å². The number of amides is 1. The summed E-state index contributed by atoms with van der Waals surface area (Å²) in [5.41, 5.74) is 8.12. The summed E-state index contributed by atoms with van der Waals surface area (Å²) >= 11 is 0. The highest BCUT2D eigenvalue weighted by Gasteiger charge is 2.21. The molecule has 1 heterocycles. The fourth-order valence-corrected chi connectivity index (χ4v) is 4.09. The number of carbonyl (C=O) groups is 1. The largest absolute Gasteiger partial charge is 0.508 e. The van der Waals surface area contributed by atoms with Crippen molar-refractivity contribution in [3.63, 3.8) is 0 Å². The van der Waals surface area contributed by atoms with Crippen LogP contribution in [0, 0.1) is 5.41 Å². The number of phenols is 2. The number of phenolic OH excluding ortho intramolecular Hbond substituents is 2. The van der Waals surface area contributed by atoms with Crippen molar-refractivity contribution in [1.82, 2.24) is 9.80 Å². The molecule has 0 radical (unpaired) electrons. The standard InChI is InChI=1S/C25H36N6O3/c1-17(2)20-14-21(23(33)15-22(20)32)25(27)31(28)19-7-5-18(6-8-19)16-29-10-12-30(13-11-29)24(34)4-3-9-26/h5-8,14-15,17,27,32-33H,3-4,9-13,16,26,28H2,1-2H3. The molecule has 34 heavy (non-hydrogen) atoms. The third-order valence-corrected chi connectivity index (χ3v) is 6.20. The van der Waals surface area contributed by atoms with Crippen LogP contribution in [0.3, 0.4) is 0 Å². The Morgan fingerprint density at radius 1 is 1.09 bits per heavy atom. The Labute approximate surface area is 201 Å². The average molecular weight is 469 g/mol. The van der Waals surface area contributed by atoms with Crippen LogP contribution in [0.25, 0.3) is 0 Å². The van der Waals surface area contributed by atoms with Crippen LogP contribution in [0.4, 0.5) is 5.69 Å². The molecule has 1 aliphatic rings. The zero-order valence-electron chi connectivity index (χ0n) is 20.0. The molecule has 7 N–H and O–H groups in total. The molecule has 0 aromatic heterocycles. The number of nitrogens with one attached hydrogen (secondary N) is 1. The van der Waals surface area contributed by atoms with Crippen molar-refractivity contribution in [1.29, 1.82) is 5.41 Å². The van der Waals surface area contributed by atoms with Gasteiger partial charge in [0, 0.05) is 45.2 Å². The predicted octanol–water partition coefficient (Wildman–Crippen LogP) is 2.31. The van der Waals surface area contributed by atoms with Crippen molar-refractivity contribution in [3.8, 4) is 11.5 Å². The van der Waals surface area contributed by atoms with Crippen molar-refractivity contribution >= 4 is 17.4 Å². The van der Waals surface area contributed by atoms with Gasteiger partial charge in [-0.2, -0.15) is 0 Å². The molecule has 184 valence electrons. The highest BCUT2D eigenvalue weighted by Crippen LogP contribution is 2.33. The number of hydrogen-bond acceptors (Lipinski definition) is 7. The van der Waals surface area contributed by atoms with Crippen LogP contribution in [0.5, 0.6) is 11.5 Å². The Bertz CT molecular complexity index is 1000. The zero-order chi connectivity index (χ0) is 24.8. The number of rotatable bonds is 8. The van der Waals surface area contributed by atoms with Gasteiger partial charge >= 0.3 is 0 Å². The number of amidine groups is 1. The van der Waals surface area contributed by atoms with E-state index in [4.69, 9.17) is 17.0 Å². The number of hydrazine groups is 1. The molecule has 9 nitrogen and oxygen atoms in total. The molecule has 1 amide bonds. The molecule has 0 atom stereocenters. The first-order valence-electron chi connectivity index (χ1n) is 11.7. The number of aromatic hydroxyl groups is 2. The van der Waals surface area contributed by atoms with E-state index in [-0.39, 0.29) is 34.7 Å². The summed E-state index contributed by atoms with van der Waals surface area (Å²) < 4.78 is 0. The molecule has 2 aromatic carbocycles. The maximum atomic E-state index is 12.2. The van der Waals surface area contributed by atoms with Crippen LogP contribution in [0.2, 0.25) is 0 Å². The van der Waals surface area contributed by atoms with Gasteiger partial charge in [-0.3, -0.25) is 20.1 Å². The number of anilines is 1. The molecule has 1 fully saturated rings. The number of nitrogens with two attached hydrogens (primary N) is 2. The van der Waals surface area contributed by atoms with Gasteiger partial charge in [0.1, 0.15) is 11.5 Å². The van der Waals surface area contributed by atoms with Gasteiger partial charge in [0.2, 0.25) is 5.91 Å². The highest BCUT2D eigenvalue weighted by molar-refractivity contribution is 6.09. The summed E-state index contributed by atoms with van der Waals surface area (Å²) in [6.07, 6.45) is 1.25. The Morgan fingerprint density at radius 3 is 2.32 bits per heavy atom. The van der Waals surface area contributed by atoms with Gasteiger partial charge in [-0.05, 0) is 48.2 Å². The summed E-state index contributed by atoms with van der Waals surface area (Å²) in [5.74, 6) is 6.14. The summed E-state index contributed by atoms with van der Waals surface area (Å²) in [7, 11) is 0. The number of hydrogen-bond donors (Lipinski definition) is 5. The maximum absolute atomic E-state index is 12.2. The molecule has 0 aliphatic carbocycles. The van der Waals surface area contributed by atoms with E-state index in [1.165, 1.54) is 11.1 Å². The van der Waals surface area contributed by atoms with Crippen molar-refractivity contribution < 1.29 is 15.0 Å². The van der Waals surface area contributed by atoms with Gasteiger partial charge in [-0.1, -0.05) is 26.0 Å². The first-order valence-corrected chi connectivity index (χ1v) is 11.7. The minimum absolute atomic E-state index is 0.00210. The van der Waals surface area contributed by atoms with E-state index >= 15 is 0 Å². The van der Waals surface area contributed by atoms with Crippen LogP contribution in [-0.4, -0.2) is 64.5 Å². The topological polar surface area (TPSA) is 143 Å². The SMILES string of the molecule is CC(C)c1cc(C(=N)N(N)c2ccc(CN3CCN(C(=O)CCCN)CC3)cc2)c(O)cc1O. The second-order valence-electron chi connectivity index (χ2n) is 9.02. The van der Waals surface area contributed by atoms with E-state index in [1.54, 1.807) is 6.07 Å². The van der Waals surface area contributed by atoms with Crippen molar-refractivity contribution in [2.24, 2.45) is 11.6 Å². The Kier molecular flexibility index (Phi) is 8.49. The lowest BCUT2D eigenvalue weighted by molar-refractivity contribution is -0.133. The van der Waals surface area contributed by atoms with E-state index in [0.29, 0.717) is 24.2 Å². The molecule has 3 rings (SSSR count). The third kappa shape index (κ3) is 6.05. The fraction of sp³-hybridized carbons (Fsp3) is 0.440. The second-order valence-corrected chi connectivity index (χ2v) is 9.02. The number of nitrogens with zero attached hydrogens (tertiary/aromatic N) is 3. The molecule has 0 saturated carbocycles. The molecule has 1 saturated heterocycles. The summed E-state index contributed by atoms with van der Waals surface area (Å²) in [6.45, 7) is 8.26. The van der Waals surface area contributed by atoms with Crippen LogP contribution in [0.1, 0.15) is 49.3 Å². The minimum Gasteiger partial charge on any atom is -0.508 e. The molecule has 9 heteroatoms. The van der Waals surface area contributed by atoms with Crippen molar-refractivity contribution in [2.75, 3.05) is 37.7 Å². The van der Waals surface area contributed by atoms with Gasteiger partial charge in [0.15, 0.2) is 5.84 Å². The van der Waals surface area contributed by atoms with Gasteiger partial charge in [0.25, 0.3) is 0 Å². The quantitative estimate of drug-likeness (QED) is 0.173. The summed E-state index contributed by atoms with van der Waals surface area (Å²) in [5, 5.41) is 30.0. The lowest BCUT2D eigenvalue weighted by Gasteiger charge is -2.35.